The molecule has 1 N–H and O–H groups in total. The fraction of sp³-hybridized carbons (Fsp3) is 0.267. The number of aromatic nitrogens is 2. The Hall–Kier alpha value is -1.83. The lowest BCUT2D eigenvalue weighted by Gasteiger charge is -1.93. The highest BCUT2D eigenvalue weighted by Gasteiger charge is 2.09. The van der Waals surface area contributed by atoms with Gasteiger partial charge in [-0.3, -0.25) is 4.98 Å². The molecule has 0 bridgehead atoms. The van der Waals surface area contributed by atoms with Crippen molar-refractivity contribution in [3.05, 3.63) is 41.9 Å². The maximum atomic E-state index is 4.12. The molecule has 2 heterocycles. The zero-order chi connectivity index (χ0) is 12.3. The van der Waals surface area contributed by atoms with Gasteiger partial charge in [0.15, 0.2) is 0 Å². The minimum atomic E-state index is 0.502. The summed E-state index contributed by atoms with van der Waals surface area (Å²) >= 11 is 0. The standard InChI is InChI=1S/C13H12N2.C2H6/c1-9-2-4-10-11-6-7-14-8-13(11)15-12(10)5-3-9;1-2/h2-9,15H,1H3;1-2H3. The van der Waals surface area contributed by atoms with E-state index in [0.717, 1.165) is 5.52 Å². The van der Waals surface area contributed by atoms with Crippen molar-refractivity contribution in [3.63, 3.8) is 0 Å². The first-order valence-corrected chi connectivity index (χ1v) is 6.17. The highest BCUT2D eigenvalue weighted by Crippen LogP contribution is 2.26. The van der Waals surface area contributed by atoms with Gasteiger partial charge in [-0.1, -0.05) is 39.0 Å². The van der Waals surface area contributed by atoms with Crippen LogP contribution in [0.5, 0.6) is 0 Å². The predicted molar refractivity (Wildman–Crippen MR) is 74.7 cm³/mol. The Bertz CT molecular complexity index is 561. The van der Waals surface area contributed by atoms with E-state index < -0.39 is 0 Å². The number of aromatic amines is 1. The largest absolute Gasteiger partial charge is 0.353 e. The molecule has 2 heteroatoms. The zero-order valence-electron chi connectivity index (χ0n) is 10.6. The van der Waals surface area contributed by atoms with Gasteiger partial charge in [0, 0.05) is 22.8 Å². The topological polar surface area (TPSA) is 28.7 Å². The lowest BCUT2D eigenvalue weighted by molar-refractivity contribution is 0.953. The normalized spacial score (nSPS) is 17.2. The van der Waals surface area contributed by atoms with E-state index >= 15 is 0 Å². The first kappa shape index (κ1) is 11.6. The number of nitrogens with one attached hydrogen (secondary N) is 1. The number of pyridine rings is 1. The molecule has 0 fully saturated rings. The van der Waals surface area contributed by atoms with Crippen molar-refractivity contribution in [1.29, 1.82) is 0 Å². The second-order valence-corrected chi connectivity index (χ2v) is 3.95. The fourth-order valence-electron chi connectivity index (χ4n) is 1.96. The van der Waals surface area contributed by atoms with Crippen LogP contribution in [0.3, 0.4) is 0 Å². The van der Waals surface area contributed by atoms with E-state index in [2.05, 4.69) is 47.3 Å². The Balaban J connectivity index is 0.000000514. The first-order valence-electron chi connectivity index (χ1n) is 6.17. The van der Waals surface area contributed by atoms with Gasteiger partial charge in [0.1, 0.15) is 0 Å². The highest BCUT2D eigenvalue weighted by atomic mass is 14.8. The van der Waals surface area contributed by atoms with Gasteiger partial charge < -0.3 is 4.98 Å². The Morgan fingerprint density at radius 2 is 1.94 bits per heavy atom. The summed E-state index contributed by atoms with van der Waals surface area (Å²) in [5.41, 5.74) is 3.55. The lowest BCUT2D eigenvalue weighted by Crippen LogP contribution is -1.78. The summed E-state index contributed by atoms with van der Waals surface area (Å²) in [6, 6.07) is 2.05. The smallest absolute Gasteiger partial charge is 0.0651 e. The summed E-state index contributed by atoms with van der Waals surface area (Å²) in [6.07, 6.45) is 12.5. The molecule has 2 nitrogen and oxygen atoms in total. The monoisotopic (exact) mass is 226 g/mol. The molecule has 0 aromatic carbocycles. The van der Waals surface area contributed by atoms with Crippen LogP contribution in [0.25, 0.3) is 23.1 Å². The van der Waals surface area contributed by atoms with Gasteiger partial charge >= 0.3 is 0 Å². The molecule has 2 aromatic heterocycles. The zero-order valence-corrected chi connectivity index (χ0v) is 10.6. The average Bonchev–Trinajstić information content (AvgIpc) is 2.64. The van der Waals surface area contributed by atoms with Crippen LogP contribution in [-0.4, -0.2) is 9.97 Å². The number of allylic oxidation sites excluding steroid dienone is 2. The SMILES string of the molecule is CC.CC1C=Cc2[nH]c3cnccc3c2C=C1. The van der Waals surface area contributed by atoms with E-state index in [1.165, 1.54) is 16.6 Å². The second kappa shape index (κ2) is 5.00. The van der Waals surface area contributed by atoms with Crippen LogP contribution in [0.15, 0.2) is 30.6 Å². The van der Waals surface area contributed by atoms with E-state index in [-0.39, 0.29) is 0 Å². The molecular weight excluding hydrogens is 208 g/mol. The Labute approximate surface area is 102 Å². The second-order valence-electron chi connectivity index (χ2n) is 3.95. The lowest BCUT2D eigenvalue weighted by atomic mass is 10.1. The first-order chi connectivity index (χ1) is 8.34. The maximum absolute atomic E-state index is 4.12. The van der Waals surface area contributed by atoms with Crippen LogP contribution in [0.2, 0.25) is 0 Å². The minimum absolute atomic E-state index is 0.502. The van der Waals surface area contributed by atoms with Gasteiger partial charge in [-0.15, -0.1) is 0 Å². The van der Waals surface area contributed by atoms with Gasteiger partial charge in [-0.2, -0.15) is 0 Å². The highest BCUT2D eigenvalue weighted by molar-refractivity contribution is 5.93. The Morgan fingerprint density at radius 3 is 2.76 bits per heavy atom. The molecule has 0 amide bonds. The number of nitrogens with zero attached hydrogens (tertiary/aromatic N) is 1. The van der Waals surface area contributed by atoms with Crippen molar-refractivity contribution in [2.75, 3.05) is 0 Å². The molecule has 17 heavy (non-hydrogen) atoms. The van der Waals surface area contributed by atoms with Crippen LogP contribution >= 0.6 is 0 Å². The average molecular weight is 226 g/mol. The molecule has 1 aliphatic rings. The van der Waals surface area contributed by atoms with Crippen molar-refractivity contribution in [3.8, 4) is 0 Å². The number of fused-ring (bicyclic) bond motifs is 3. The number of rotatable bonds is 0. The minimum Gasteiger partial charge on any atom is -0.353 e. The van der Waals surface area contributed by atoms with Crippen LogP contribution in [0.4, 0.5) is 0 Å². The van der Waals surface area contributed by atoms with E-state index in [1.54, 1.807) is 0 Å². The summed E-state index contributed by atoms with van der Waals surface area (Å²) in [5, 5.41) is 1.25. The van der Waals surface area contributed by atoms with Crippen molar-refractivity contribution in [1.82, 2.24) is 9.97 Å². The van der Waals surface area contributed by atoms with Crippen molar-refractivity contribution in [2.45, 2.75) is 20.8 Å². The Kier molecular flexibility index (Phi) is 3.43. The van der Waals surface area contributed by atoms with E-state index in [0.29, 0.717) is 5.92 Å². The quantitative estimate of drug-likeness (QED) is 0.714. The molecule has 0 saturated heterocycles. The molecule has 0 spiro atoms. The van der Waals surface area contributed by atoms with Crippen molar-refractivity contribution >= 4 is 23.1 Å². The molecule has 1 aliphatic carbocycles. The summed E-state index contributed by atoms with van der Waals surface area (Å²) in [4.78, 5) is 7.49. The molecule has 3 rings (SSSR count). The summed E-state index contributed by atoms with van der Waals surface area (Å²) in [5.74, 6) is 0.502. The summed E-state index contributed by atoms with van der Waals surface area (Å²) < 4.78 is 0. The molecule has 0 saturated carbocycles. The van der Waals surface area contributed by atoms with E-state index in [9.17, 15) is 0 Å². The maximum Gasteiger partial charge on any atom is 0.0651 e. The van der Waals surface area contributed by atoms with Crippen LogP contribution < -0.4 is 0 Å². The number of hydrogen-bond acceptors (Lipinski definition) is 1. The summed E-state index contributed by atoms with van der Waals surface area (Å²) in [7, 11) is 0. The molecular formula is C15H18N2. The molecule has 0 radical (unpaired) electrons. The van der Waals surface area contributed by atoms with Crippen LogP contribution in [-0.2, 0) is 0 Å². The molecule has 1 atom stereocenters. The van der Waals surface area contributed by atoms with Gasteiger partial charge in [-0.05, 0) is 18.1 Å². The molecule has 0 aliphatic heterocycles. The van der Waals surface area contributed by atoms with Crippen LogP contribution in [0.1, 0.15) is 32.0 Å². The third-order valence-electron chi connectivity index (χ3n) is 2.80. The van der Waals surface area contributed by atoms with Crippen molar-refractivity contribution < 1.29 is 0 Å². The Morgan fingerprint density at radius 1 is 1.18 bits per heavy atom. The third-order valence-corrected chi connectivity index (χ3v) is 2.80. The number of H-pyrrole nitrogens is 1. The van der Waals surface area contributed by atoms with E-state index in [1.807, 2.05) is 26.2 Å². The molecule has 2 aromatic rings. The van der Waals surface area contributed by atoms with Gasteiger partial charge in [-0.25, -0.2) is 0 Å². The fourth-order valence-corrected chi connectivity index (χ4v) is 1.96. The summed E-state index contributed by atoms with van der Waals surface area (Å²) in [6.45, 7) is 6.18. The van der Waals surface area contributed by atoms with Gasteiger partial charge in [0.05, 0.1) is 11.7 Å². The van der Waals surface area contributed by atoms with Gasteiger partial charge in [0.25, 0.3) is 0 Å². The molecule has 1 unspecified atom stereocenters. The molecule has 88 valence electrons. The van der Waals surface area contributed by atoms with Crippen LogP contribution in [0, 0.1) is 5.92 Å². The predicted octanol–water partition coefficient (Wildman–Crippen LogP) is 4.27. The van der Waals surface area contributed by atoms with Gasteiger partial charge in [0.2, 0.25) is 0 Å². The van der Waals surface area contributed by atoms with Crippen molar-refractivity contribution in [2.24, 2.45) is 5.92 Å². The van der Waals surface area contributed by atoms with E-state index in [4.69, 9.17) is 0 Å². The third kappa shape index (κ3) is 2.16. The number of hydrogen-bond donors (Lipinski definition) is 1.